The summed E-state index contributed by atoms with van der Waals surface area (Å²) in [7, 11) is 1.80. The topological polar surface area (TPSA) is 76.8 Å². The Morgan fingerprint density at radius 3 is 2.60 bits per heavy atom. The van der Waals surface area contributed by atoms with Gasteiger partial charge in [0.2, 0.25) is 5.91 Å². The average Bonchev–Trinajstić information content (AvgIpc) is 3.08. The molecule has 0 N–H and O–H groups in total. The number of fused-ring (bicyclic) bond motifs is 1. The predicted octanol–water partition coefficient (Wildman–Crippen LogP) is 2.27. The quantitative estimate of drug-likeness (QED) is 0.841. The van der Waals surface area contributed by atoms with E-state index in [2.05, 4.69) is 32.4 Å². The standard InChI is InChI=1S/C18H20N6O/c1-11-19-8-13(9-20-11)12-5-6-14-15(7-12)24(17(25)18(14,2)3)16-10-23(4)22-21-16/h5,7-10,14H,6H2,1-4H3. The molecule has 1 aliphatic carbocycles. The van der Waals surface area contributed by atoms with Gasteiger partial charge in [-0.2, -0.15) is 0 Å². The number of rotatable bonds is 2. The van der Waals surface area contributed by atoms with Gasteiger partial charge in [-0.05, 0) is 25.0 Å². The van der Waals surface area contributed by atoms with E-state index in [1.165, 1.54) is 0 Å². The molecule has 7 nitrogen and oxygen atoms in total. The molecule has 3 heterocycles. The van der Waals surface area contributed by atoms with Gasteiger partial charge in [0.25, 0.3) is 0 Å². The Morgan fingerprint density at radius 1 is 1.24 bits per heavy atom. The maximum Gasteiger partial charge on any atom is 0.238 e. The van der Waals surface area contributed by atoms with Crippen LogP contribution in [0.3, 0.4) is 0 Å². The van der Waals surface area contributed by atoms with Gasteiger partial charge < -0.3 is 0 Å². The van der Waals surface area contributed by atoms with Crippen LogP contribution >= 0.6 is 0 Å². The number of aromatic nitrogens is 5. The van der Waals surface area contributed by atoms with Crippen molar-refractivity contribution in [3.8, 4) is 0 Å². The van der Waals surface area contributed by atoms with Crippen molar-refractivity contribution in [1.29, 1.82) is 0 Å². The van der Waals surface area contributed by atoms with Crippen LogP contribution in [0.5, 0.6) is 0 Å². The summed E-state index contributed by atoms with van der Waals surface area (Å²) < 4.78 is 1.61. The number of aryl methyl sites for hydroxylation is 2. The summed E-state index contributed by atoms with van der Waals surface area (Å²) in [5, 5.41) is 8.13. The van der Waals surface area contributed by atoms with Gasteiger partial charge in [0.05, 0.1) is 11.6 Å². The monoisotopic (exact) mass is 336 g/mol. The van der Waals surface area contributed by atoms with Crippen LogP contribution in [0.2, 0.25) is 0 Å². The minimum Gasteiger partial charge on any atom is -0.273 e. The summed E-state index contributed by atoms with van der Waals surface area (Å²) in [5.74, 6) is 1.48. The van der Waals surface area contributed by atoms with E-state index in [1.54, 1.807) is 22.8 Å². The molecule has 2 aromatic heterocycles. The Bertz CT molecular complexity index is 906. The fourth-order valence-electron chi connectivity index (χ4n) is 3.54. The van der Waals surface area contributed by atoms with Gasteiger partial charge in [0.1, 0.15) is 5.82 Å². The van der Waals surface area contributed by atoms with Gasteiger partial charge in [-0.25, -0.2) is 9.97 Å². The van der Waals surface area contributed by atoms with Crippen LogP contribution in [0, 0.1) is 18.3 Å². The third-order valence-corrected chi connectivity index (χ3v) is 5.05. The summed E-state index contributed by atoms with van der Waals surface area (Å²) in [6.45, 7) is 5.86. The zero-order chi connectivity index (χ0) is 17.8. The Kier molecular flexibility index (Phi) is 3.35. The zero-order valence-corrected chi connectivity index (χ0v) is 14.8. The molecule has 25 heavy (non-hydrogen) atoms. The first-order chi connectivity index (χ1) is 11.9. The van der Waals surface area contributed by atoms with Gasteiger partial charge in [0, 0.05) is 36.6 Å². The molecule has 0 bridgehead atoms. The second-order valence-corrected chi connectivity index (χ2v) is 7.15. The van der Waals surface area contributed by atoms with Crippen molar-refractivity contribution in [3.63, 3.8) is 0 Å². The van der Waals surface area contributed by atoms with Crippen LogP contribution in [0.4, 0.5) is 5.82 Å². The molecule has 1 aliphatic heterocycles. The Hall–Kier alpha value is -2.83. The minimum absolute atomic E-state index is 0.0547. The van der Waals surface area contributed by atoms with Crippen LogP contribution < -0.4 is 4.90 Å². The maximum atomic E-state index is 13.1. The first kappa shape index (κ1) is 15.7. The highest BCUT2D eigenvalue weighted by atomic mass is 16.2. The van der Waals surface area contributed by atoms with Crippen LogP contribution in [-0.2, 0) is 11.8 Å². The molecule has 0 radical (unpaired) electrons. The number of nitrogens with zero attached hydrogens (tertiary/aromatic N) is 6. The molecule has 1 unspecified atom stereocenters. The second kappa shape index (κ2) is 5.34. The number of hydrogen-bond acceptors (Lipinski definition) is 5. The molecule has 0 spiro atoms. The summed E-state index contributed by atoms with van der Waals surface area (Å²) in [6, 6.07) is 0. The lowest BCUT2D eigenvalue weighted by Gasteiger charge is -2.25. The maximum absolute atomic E-state index is 13.1. The van der Waals surface area contributed by atoms with Gasteiger partial charge in [0.15, 0.2) is 5.82 Å². The van der Waals surface area contributed by atoms with Crippen molar-refractivity contribution in [3.05, 3.63) is 47.8 Å². The highest BCUT2D eigenvalue weighted by Crippen LogP contribution is 2.49. The van der Waals surface area contributed by atoms with E-state index in [-0.39, 0.29) is 11.8 Å². The first-order valence-electron chi connectivity index (χ1n) is 8.29. The second-order valence-electron chi connectivity index (χ2n) is 7.15. The molecule has 0 saturated carbocycles. The molecule has 1 saturated heterocycles. The summed E-state index contributed by atoms with van der Waals surface area (Å²) >= 11 is 0. The Balaban J connectivity index is 1.79. The average molecular weight is 336 g/mol. The lowest BCUT2D eigenvalue weighted by Crippen LogP contribution is -2.31. The summed E-state index contributed by atoms with van der Waals surface area (Å²) in [5.41, 5.74) is 2.47. The van der Waals surface area contributed by atoms with Crippen molar-refractivity contribution < 1.29 is 4.79 Å². The molecule has 1 fully saturated rings. The van der Waals surface area contributed by atoms with E-state index in [0.29, 0.717) is 5.82 Å². The molecule has 0 aromatic carbocycles. The van der Waals surface area contributed by atoms with Crippen LogP contribution in [0.15, 0.2) is 36.4 Å². The highest BCUT2D eigenvalue weighted by Gasteiger charge is 2.52. The Morgan fingerprint density at radius 2 is 1.96 bits per heavy atom. The van der Waals surface area contributed by atoms with Crippen molar-refractivity contribution in [2.45, 2.75) is 27.2 Å². The fraction of sp³-hybridized carbons (Fsp3) is 0.389. The summed E-state index contributed by atoms with van der Waals surface area (Å²) in [4.78, 5) is 23.3. The number of amides is 1. The minimum atomic E-state index is -0.477. The van der Waals surface area contributed by atoms with Crippen molar-refractivity contribution in [2.75, 3.05) is 4.90 Å². The number of anilines is 1. The smallest absolute Gasteiger partial charge is 0.238 e. The molecule has 1 atom stereocenters. The number of carbonyl (C=O) groups is 1. The number of carbonyl (C=O) groups excluding carboxylic acids is 1. The lowest BCUT2D eigenvalue weighted by atomic mass is 9.75. The molecule has 7 heteroatoms. The van der Waals surface area contributed by atoms with Gasteiger partial charge in [-0.1, -0.05) is 25.1 Å². The predicted molar refractivity (Wildman–Crippen MR) is 93.2 cm³/mol. The molecule has 128 valence electrons. The first-order valence-corrected chi connectivity index (χ1v) is 8.29. The van der Waals surface area contributed by atoms with E-state index >= 15 is 0 Å². The highest BCUT2D eigenvalue weighted by molar-refractivity contribution is 6.04. The number of hydrogen-bond donors (Lipinski definition) is 0. The zero-order valence-electron chi connectivity index (χ0n) is 14.8. The largest absolute Gasteiger partial charge is 0.273 e. The molecule has 1 amide bonds. The van der Waals surface area contributed by atoms with Gasteiger partial charge in [-0.15, -0.1) is 5.10 Å². The molecule has 2 aromatic rings. The van der Waals surface area contributed by atoms with E-state index in [9.17, 15) is 4.79 Å². The SMILES string of the molecule is Cc1ncc(C2=CCC3C(=C2)N(c2cn(C)nn2)C(=O)C3(C)C)cn1. The van der Waals surface area contributed by atoms with Crippen molar-refractivity contribution in [1.82, 2.24) is 25.0 Å². The molecular weight excluding hydrogens is 316 g/mol. The van der Waals surface area contributed by atoms with E-state index in [4.69, 9.17) is 0 Å². The number of allylic oxidation sites excluding steroid dienone is 4. The summed E-state index contributed by atoms with van der Waals surface area (Å²) in [6.07, 6.45) is 10.4. The normalized spacial score (nSPS) is 21.8. The van der Waals surface area contributed by atoms with E-state index < -0.39 is 5.41 Å². The van der Waals surface area contributed by atoms with E-state index in [1.807, 2.05) is 33.2 Å². The molecule has 4 rings (SSSR count). The molecule has 2 aliphatic rings. The lowest BCUT2D eigenvalue weighted by molar-refractivity contribution is -0.125. The van der Waals surface area contributed by atoms with Crippen LogP contribution in [-0.4, -0.2) is 30.9 Å². The van der Waals surface area contributed by atoms with Crippen molar-refractivity contribution >= 4 is 17.3 Å². The van der Waals surface area contributed by atoms with Gasteiger partial charge >= 0.3 is 0 Å². The third kappa shape index (κ3) is 2.38. The van der Waals surface area contributed by atoms with Crippen LogP contribution in [0.25, 0.3) is 5.57 Å². The van der Waals surface area contributed by atoms with Gasteiger partial charge in [-0.3, -0.25) is 14.4 Å². The van der Waals surface area contributed by atoms with E-state index in [0.717, 1.165) is 29.1 Å². The third-order valence-electron chi connectivity index (χ3n) is 5.05. The molecular formula is C18H20N6O. The van der Waals surface area contributed by atoms with Crippen LogP contribution in [0.1, 0.15) is 31.7 Å². The Labute approximate surface area is 146 Å². The fourth-order valence-corrected chi connectivity index (χ4v) is 3.54. The van der Waals surface area contributed by atoms with Crippen molar-refractivity contribution in [2.24, 2.45) is 18.4 Å².